The van der Waals surface area contributed by atoms with Crippen LogP contribution in [0.4, 0.5) is 5.69 Å². The predicted octanol–water partition coefficient (Wildman–Crippen LogP) is 4.84. The molecule has 0 atom stereocenters. The van der Waals surface area contributed by atoms with Crippen LogP contribution < -0.4 is 0 Å². The number of fused-ring (bicyclic) bond motifs is 4. The van der Waals surface area contributed by atoms with Gasteiger partial charge in [0.25, 0.3) is 0 Å². The Morgan fingerprint density at radius 1 is 1.04 bits per heavy atom. The van der Waals surface area contributed by atoms with E-state index in [-0.39, 0.29) is 5.54 Å². The number of hydrogen-bond acceptors (Lipinski definition) is 3. The fourth-order valence-electron chi connectivity index (χ4n) is 2.80. The maximum Gasteiger partial charge on any atom is 0.170 e. The Hall–Kier alpha value is -2.07. The van der Waals surface area contributed by atoms with Crippen molar-refractivity contribution in [2.75, 3.05) is 0 Å². The number of rotatable bonds is 0. The van der Waals surface area contributed by atoms with Gasteiger partial charge in [-0.2, -0.15) is 0 Å². The van der Waals surface area contributed by atoms with Gasteiger partial charge < -0.3 is 4.90 Å². The molecule has 2 aromatic rings. The van der Waals surface area contributed by atoms with Gasteiger partial charge >= 0.3 is 0 Å². The summed E-state index contributed by atoms with van der Waals surface area (Å²) in [5.74, 6) is 1.01. The third kappa shape index (κ3) is 2.68. The average Bonchev–Trinajstić information content (AvgIpc) is 2.52. The molecule has 23 heavy (non-hydrogen) atoms. The molecule has 0 fully saturated rings. The maximum atomic E-state index is 4.95. The highest BCUT2D eigenvalue weighted by atomic mass is 32.2. The molecule has 4 rings (SSSR count). The van der Waals surface area contributed by atoms with E-state index in [2.05, 4.69) is 68.1 Å². The van der Waals surface area contributed by atoms with Gasteiger partial charge in [0.05, 0.1) is 17.8 Å². The number of thioether (sulfide) groups is 1. The molecular formula is C19H19N3S. The molecule has 0 saturated heterocycles. The van der Waals surface area contributed by atoms with Crippen LogP contribution in [0.25, 0.3) is 0 Å². The van der Waals surface area contributed by atoms with Crippen LogP contribution in [0.1, 0.15) is 31.9 Å². The van der Waals surface area contributed by atoms with Crippen molar-refractivity contribution in [1.29, 1.82) is 0 Å². The third-order valence-corrected chi connectivity index (χ3v) is 4.86. The Kier molecular flexibility index (Phi) is 3.31. The summed E-state index contributed by atoms with van der Waals surface area (Å²) >= 11 is 1.74. The first-order valence-electron chi connectivity index (χ1n) is 7.82. The first-order chi connectivity index (χ1) is 11.0. The summed E-state index contributed by atoms with van der Waals surface area (Å²) in [4.78, 5) is 13.4. The number of hydrogen-bond donors (Lipinski definition) is 0. The van der Waals surface area contributed by atoms with Gasteiger partial charge in [0, 0.05) is 10.5 Å². The summed E-state index contributed by atoms with van der Waals surface area (Å²) in [5.41, 5.74) is 3.39. The number of nitrogens with zero attached hydrogens (tertiary/aromatic N) is 3. The van der Waals surface area contributed by atoms with E-state index in [1.165, 1.54) is 16.0 Å². The molecule has 2 aromatic carbocycles. The zero-order valence-electron chi connectivity index (χ0n) is 13.6. The van der Waals surface area contributed by atoms with Crippen LogP contribution in [-0.2, 0) is 6.54 Å². The smallest absolute Gasteiger partial charge is 0.170 e. The molecule has 0 saturated carbocycles. The number of amidine groups is 2. The predicted molar refractivity (Wildman–Crippen MR) is 97.7 cm³/mol. The molecule has 2 heterocycles. The van der Waals surface area contributed by atoms with Crippen molar-refractivity contribution in [2.45, 2.75) is 37.8 Å². The van der Waals surface area contributed by atoms with Gasteiger partial charge in [0.2, 0.25) is 0 Å². The summed E-state index contributed by atoms with van der Waals surface area (Å²) < 4.78 is 0. The van der Waals surface area contributed by atoms with Crippen molar-refractivity contribution in [3.8, 4) is 0 Å². The first-order valence-corrected chi connectivity index (χ1v) is 8.64. The van der Waals surface area contributed by atoms with Crippen LogP contribution in [-0.4, -0.2) is 21.4 Å². The zero-order valence-corrected chi connectivity index (χ0v) is 14.4. The SMILES string of the molecule is CC(C)(C)N=C1Sc2ccccc2C2=Nc3ccccc3CN12. The van der Waals surface area contributed by atoms with Crippen molar-refractivity contribution < 1.29 is 0 Å². The minimum Gasteiger partial charge on any atom is -0.300 e. The minimum absolute atomic E-state index is 0.114. The zero-order chi connectivity index (χ0) is 16.0. The van der Waals surface area contributed by atoms with Crippen LogP contribution in [0.15, 0.2) is 63.4 Å². The Morgan fingerprint density at radius 3 is 2.61 bits per heavy atom. The molecule has 116 valence electrons. The molecule has 0 radical (unpaired) electrons. The summed E-state index contributed by atoms with van der Waals surface area (Å²) in [6.07, 6.45) is 0. The highest BCUT2D eigenvalue weighted by Crippen LogP contribution is 2.38. The minimum atomic E-state index is -0.114. The van der Waals surface area contributed by atoms with Gasteiger partial charge in [0.15, 0.2) is 5.17 Å². The Balaban J connectivity index is 1.92. The first kappa shape index (κ1) is 14.5. The van der Waals surface area contributed by atoms with Crippen LogP contribution in [0.5, 0.6) is 0 Å². The molecule has 4 heteroatoms. The second-order valence-corrected chi connectivity index (χ2v) is 7.82. The average molecular weight is 321 g/mol. The summed E-state index contributed by atoms with van der Waals surface area (Å²) in [7, 11) is 0. The highest BCUT2D eigenvalue weighted by Gasteiger charge is 2.32. The Morgan fingerprint density at radius 2 is 1.78 bits per heavy atom. The summed E-state index contributed by atoms with van der Waals surface area (Å²) in [6, 6.07) is 16.8. The quantitative estimate of drug-likeness (QED) is 0.694. The van der Waals surface area contributed by atoms with E-state index in [4.69, 9.17) is 9.98 Å². The largest absolute Gasteiger partial charge is 0.300 e. The van der Waals surface area contributed by atoms with Crippen molar-refractivity contribution >= 4 is 28.5 Å². The molecule has 2 aliphatic rings. The lowest BCUT2D eigenvalue weighted by Crippen LogP contribution is -2.41. The number of aliphatic imine (C=N–C) groups is 2. The monoisotopic (exact) mass is 321 g/mol. The summed E-state index contributed by atoms with van der Waals surface area (Å²) in [5, 5.41) is 1.03. The van der Waals surface area contributed by atoms with Crippen molar-refractivity contribution in [3.05, 3.63) is 59.7 Å². The third-order valence-electron chi connectivity index (χ3n) is 3.79. The van der Waals surface area contributed by atoms with Gasteiger partial charge in [-0.3, -0.25) is 4.99 Å². The van der Waals surface area contributed by atoms with Crippen LogP contribution in [0.3, 0.4) is 0 Å². The topological polar surface area (TPSA) is 28.0 Å². The van der Waals surface area contributed by atoms with Crippen LogP contribution >= 0.6 is 11.8 Å². The van der Waals surface area contributed by atoms with Crippen LogP contribution in [0, 0.1) is 0 Å². The van der Waals surface area contributed by atoms with Crippen LogP contribution in [0.2, 0.25) is 0 Å². The van der Waals surface area contributed by atoms with E-state index in [0.717, 1.165) is 23.2 Å². The number of benzene rings is 2. The van der Waals surface area contributed by atoms with Crippen molar-refractivity contribution in [1.82, 2.24) is 4.90 Å². The van der Waals surface area contributed by atoms with Gasteiger partial charge in [-0.25, -0.2) is 4.99 Å². The lowest BCUT2D eigenvalue weighted by molar-refractivity contribution is 0.548. The lowest BCUT2D eigenvalue weighted by Gasteiger charge is -2.36. The molecular weight excluding hydrogens is 302 g/mol. The van der Waals surface area contributed by atoms with Crippen molar-refractivity contribution in [2.24, 2.45) is 9.98 Å². The van der Waals surface area contributed by atoms with Gasteiger partial charge in [-0.1, -0.05) is 48.2 Å². The summed E-state index contributed by atoms with van der Waals surface area (Å²) in [6.45, 7) is 7.23. The Bertz CT molecular complexity index is 831. The van der Waals surface area contributed by atoms with E-state index in [1.807, 2.05) is 6.07 Å². The van der Waals surface area contributed by atoms with E-state index in [1.54, 1.807) is 11.8 Å². The molecule has 0 aliphatic carbocycles. The molecule has 0 spiro atoms. The molecule has 0 bridgehead atoms. The van der Waals surface area contributed by atoms with Gasteiger partial charge in [-0.15, -0.1) is 0 Å². The molecule has 0 unspecified atom stereocenters. The second-order valence-electron chi connectivity index (χ2n) is 6.81. The van der Waals surface area contributed by atoms with E-state index in [0.29, 0.717) is 0 Å². The maximum absolute atomic E-state index is 4.95. The highest BCUT2D eigenvalue weighted by molar-refractivity contribution is 8.14. The fourth-order valence-corrected chi connectivity index (χ4v) is 3.99. The fraction of sp³-hybridized carbons (Fsp3) is 0.263. The lowest BCUT2D eigenvalue weighted by atomic mass is 10.1. The Labute approximate surface area is 141 Å². The molecule has 3 nitrogen and oxygen atoms in total. The van der Waals surface area contributed by atoms with Gasteiger partial charge in [0.1, 0.15) is 5.84 Å². The molecule has 0 N–H and O–H groups in total. The molecule has 2 aliphatic heterocycles. The number of para-hydroxylation sites is 1. The second kappa shape index (κ2) is 5.24. The molecule has 0 aromatic heterocycles. The van der Waals surface area contributed by atoms with Crippen molar-refractivity contribution in [3.63, 3.8) is 0 Å². The standard InChI is InChI=1S/C19H19N3S/c1-19(2,3)21-18-22-12-13-8-4-6-10-15(13)20-17(22)14-9-5-7-11-16(14)23-18/h4-11H,12H2,1-3H3. The van der Waals surface area contributed by atoms with E-state index in [9.17, 15) is 0 Å². The normalized spacial score (nSPS) is 18.1. The molecule has 0 amide bonds. The van der Waals surface area contributed by atoms with E-state index < -0.39 is 0 Å². The van der Waals surface area contributed by atoms with E-state index >= 15 is 0 Å². The van der Waals surface area contributed by atoms with Gasteiger partial charge in [-0.05, 0) is 38.5 Å².